The largest absolute Gasteiger partial charge is 0.337 e. The highest BCUT2D eigenvalue weighted by atomic mass is 32.1. The van der Waals surface area contributed by atoms with Gasteiger partial charge in [-0.15, -0.1) is 10.2 Å². The van der Waals surface area contributed by atoms with Crippen LogP contribution in [0.3, 0.4) is 0 Å². The van der Waals surface area contributed by atoms with E-state index < -0.39 is 0 Å². The Morgan fingerprint density at radius 1 is 1.19 bits per heavy atom. The summed E-state index contributed by atoms with van der Waals surface area (Å²) in [5.74, 6) is -0.260. The number of piperidine rings is 1. The number of rotatable bonds is 3. The second kappa shape index (κ2) is 7.40. The molecule has 27 heavy (non-hydrogen) atoms. The van der Waals surface area contributed by atoms with Gasteiger partial charge in [0.2, 0.25) is 11.0 Å². The molecule has 0 radical (unpaired) electrons. The summed E-state index contributed by atoms with van der Waals surface area (Å²) in [6, 6.07) is 9.69. The predicted molar refractivity (Wildman–Crippen MR) is 104 cm³/mol. The molecule has 3 aromatic rings. The summed E-state index contributed by atoms with van der Waals surface area (Å²) >= 11 is 1.29. The molecule has 1 aliphatic heterocycles. The van der Waals surface area contributed by atoms with Crippen molar-refractivity contribution < 1.29 is 9.59 Å². The molecule has 4 rings (SSSR count). The number of hydrogen-bond donors (Lipinski definition) is 1. The van der Waals surface area contributed by atoms with Gasteiger partial charge in [0.25, 0.3) is 5.91 Å². The van der Waals surface area contributed by atoms with E-state index in [0.29, 0.717) is 36.8 Å². The monoisotopic (exact) mass is 381 g/mol. The standard InChI is InChI=1S/C19H19N5O2S/c1-12-2-4-15-14(10-12)3-5-16(21-15)18(26)24-8-6-13(7-9-24)17(25)22-19-23-20-11-27-19/h2-5,10-11,13H,6-9H2,1H3,(H,22,23,25). The van der Waals surface area contributed by atoms with Gasteiger partial charge in [-0.05, 0) is 38.0 Å². The highest BCUT2D eigenvalue weighted by molar-refractivity contribution is 7.13. The van der Waals surface area contributed by atoms with Crippen LogP contribution in [0.4, 0.5) is 5.13 Å². The summed E-state index contributed by atoms with van der Waals surface area (Å²) in [4.78, 5) is 31.4. The number of pyridine rings is 1. The summed E-state index contributed by atoms with van der Waals surface area (Å²) in [6.07, 6.45) is 1.26. The van der Waals surface area contributed by atoms with Crippen LogP contribution in [0.25, 0.3) is 10.9 Å². The van der Waals surface area contributed by atoms with Crippen molar-refractivity contribution in [2.24, 2.45) is 5.92 Å². The Morgan fingerprint density at radius 2 is 2.00 bits per heavy atom. The van der Waals surface area contributed by atoms with Crippen LogP contribution in [0.15, 0.2) is 35.8 Å². The van der Waals surface area contributed by atoms with Gasteiger partial charge in [-0.25, -0.2) is 4.98 Å². The molecule has 0 aliphatic carbocycles. The average Bonchev–Trinajstić information content (AvgIpc) is 3.20. The van der Waals surface area contributed by atoms with E-state index in [1.807, 2.05) is 25.1 Å². The van der Waals surface area contributed by atoms with E-state index >= 15 is 0 Å². The highest BCUT2D eigenvalue weighted by Gasteiger charge is 2.28. The van der Waals surface area contributed by atoms with Crippen LogP contribution < -0.4 is 5.32 Å². The van der Waals surface area contributed by atoms with Gasteiger partial charge in [0.15, 0.2) is 0 Å². The van der Waals surface area contributed by atoms with Crippen molar-refractivity contribution in [2.75, 3.05) is 18.4 Å². The highest BCUT2D eigenvalue weighted by Crippen LogP contribution is 2.22. The number of hydrogen-bond acceptors (Lipinski definition) is 6. The van der Waals surface area contributed by atoms with Gasteiger partial charge >= 0.3 is 0 Å². The molecule has 1 aliphatic rings. The normalized spacial score (nSPS) is 15.1. The minimum atomic E-state index is -0.120. The Hall–Kier alpha value is -2.87. The number of aryl methyl sites for hydroxylation is 1. The van der Waals surface area contributed by atoms with E-state index in [9.17, 15) is 9.59 Å². The van der Waals surface area contributed by atoms with E-state index in [0.717, 1.165) is 16.5 Å². The van der Waals surface area contributed by atoms with E-state index in [1.54, 1.807) is 16.5 Å². The van der Waals surface area contributed by atoms with Crippen molar-refractivity contribution in [3.8, 4) is 0 Å². The second-order valence-corrected chi connectivity index (χ2v) is 7.53. The maximum absolute atomic E-state index is 12.8. The number of nitrogens with one attached hydrogen (secondary N) is 1. The number of fused-ring (bicyclic) bond motifs is 1. The SMILES string of the molecule is Cc1ccc2nc(C(=O)N3CCC(C(=O)Nc4nncs4)CC3)ccc2c1. The fourth-order valence-corrected chi connectivity index (χ4v) is 3.75. The van der Waals surface area contributed by atoms with E-state index in [4.69, 9.17) is 0 Å². The maximum atomic E-state index is 12.8. The molecular weight excluding hydrogens is 362 g/mol. The van der Waals surface area contributed by atoms with Crippen LogP contribution in [0.5, 0.6) is 0 Å². The number of aromatic nitrogens is 3. The third-order valence-electron chi connectivity index (χ3n) is 4.81. The van der Waals surface area contributed by atoms with Crippen molar-refractivity contribution in [1.29, 1.82) is 0 Å². The molecule has 0 spiro atoms. The van der Waals surface area contributed by atoms with Crippen LogP contribution in [-0.4, -0.2) is 45.0 Å². The molecule has 0 saturated carbocycles. The number of carbonyl (C=O) groups is 2. The number of carbonyl (C=O) groups excluding carboxylic acids is 2. The molecule has 1 N–H and O–H groups in total. The Balaban J connectivity index is 1.39. The van der Waals surface area contributed by atoms with Gasteiger partial charge in [0.1, 0.15) is 11.2 Å². The first-order valence-corrected chi connectivity index (χ1v) is 9.72. The number of nitrogens with zero attached hydrogens (tertiary/aromatic N) is 4. The average molecular weight is 381 g/mol. The molecule has 8 heteroatoms. The van der Waals surface area contributed by atoms with Crippen molar-refractivity contribution in [3.63, 3.8) is 0 Å². The molecule has 3 heterocycles. The van der Waals surface area contributed by atoms with E-state index in [2.05, 4.69) is 26.6 Å². The molecule has 2 aromatic heterocycles. The zero-order chi connectivity index (χ0) is 18.8. The van der Waals surface area contributed by atoms with Crippen LogP contribution in [0, 0.1) is 12.8 Å². The van der Waals surface area contributed by atoms with E-state index in [1.165, 1.54) is 11.3 Å². The minimum Gasteiger partial charge on any atom is -0.337 e. The zero-order valence-electron chi connectivity index (χ0n) is 14.9. The molecule has 1 fully saturated rings. The summed E-state index contributed by atoms with van der Waals surface area (Å²) in [7, 11) is 0. The first-order valence-electron chi connectivity index (χ1n) is 8.84. The third-order valence-corrected chi connectivity index (χ3v) is 5.41. The Bertz CT molecular complexity index is 981. The lowest BCUT2D eigenvalue weighted by Crippen LogP contribution is -2.41. The Kier molecular flexibility index (Phi) is 4.81. The smallest absolute Gasteiger partial charge is 0.272 e. The van der Waals surface area contributed by atoms with Crippen molar-refractivity contribution >= 4 is 39.2 Å². The van der Waals surface area contributed by atoms with Crippen LogP contribution in [0.2, 0.25) is 0 Å². The molecule has 2 amide bonds. The summed E-state index contributed by atoms with van der Waals surface area (Å²) < 4.78 is 0. The predicted octanol–water partition coefficient (Wildman–Crippen LogP) is 2.89. The second-order valence-electron chi connectivity index (χ2n) is 6.69. The van der Waals surface area contributed by atoms with Gasteiger partial charge in [0, 0.05) is 24.4 Å². The maximum Gasteiger partial charge on any atom is 0.272 e. The van der Waals surface area contributed by atoms with Crippen LogP contribution in [0.1, 0.15) is 28.9 Å². The topological polar surface area (TPSA) is 88.1 Å². The van der Waals surface area contributed by atoms with Crippen LogP contribution >= 0.6 is 11.3 Å². The zero-order valence-corrected chi connectivity index (χ0v) is 15.7. The van der Waals surface area contributed by atoms with E-state index in [-0.39, 0.29) is 17.7 Å². The van der Waals surface area contributed by atoms with Gasteiger partial charge in [-0.3, -0.25) is 9.59 Å². The third kappa shape index (κ3) is 3.80. The Labute approximate surface area is 160 Å². The number of anilines is 1. The van der Waals surface area contributed by atoms with Gasteiger partial charge in [-0.2, -0.15) is 0 Å². The van der Waals surface area contributed by atoms with Crippen molar-refractivity contribution in [2.45, 2.75) is 19.8 Å². The van der Waals surface area contributed by atoms with Crippen LogP contribution in [-0.2, 0) is 4.79 Å². The molecule has 0 unspecified atom stereocenters. The lowest BCUT2D eigenvalue weighted by atomic mass is 9.95. The fourth-order valence-electron chi connectivity index (χ4n) is 3.31. The van der Waals surface area contributed by atoms with Gasteiger partial charge in [0.05, 0.1) is 5.52 Å². The molecule has 0 bridgehead atoms. The number of benzene rings is 1. The lowest BCUT2D eigenvalue weighted by molar-refractivity contribution is -0.121. The Morgan fingerprint density at radius 3 is 2.74 bits per heavy atom. The number of likely N-dealkylation sites (tertiary alicyclic amines) is 1. The molecule has 7 nitrogen and oxygen atoms in total. The lowest BCUT2D eigenvalue weighted by Gasteiger charge is -2.31. The van der Waals surface area contributed by atoms with Gasteiger partial charge < -0.3 is 10.2 Å². The van der Waals surface area contributed by atoms with Gasteiger partial charge in [-0.1, -0.05) is 29.0 Å². The first kappa shape index (κ1) is 17.5. The molecular formula is C19H19N5O2S. The fraction of sp³-hybridized carbons (Fsp3) is 0.316. The first-order chi connectivity index (χ1) is 13.1. The minimum absolute atomic E-state index is 0.0574. The molecule has 138 valence electrons. The van der Waals surface area contributed by atoms with Crippen molar-refractivity contribution in [1.82, 2.24) is 20.1 Å². The molecule has 1 aromatic carbocycles. The summed E-state index contributed by atoms with van der Waals surface area (Å²) in [5.41, 5.74) is 4.01. The number of amides is 2. The summed E-state index contributed by atoms with van der Waals surface area (Å²) in [6.45, 7) is 3.12. The molecule has 0 atom stereocenters. The quantitative estimate of drug-likeness (QED) is 0.754. The van der Waals surface area contributed by atoms with Crippen molar-refractivity contribution in [3.05, 3.63) is 47.1 Å². The summed E-state index contributed by atoms with van der Waals surface area (Å²) in [5, 5.41) is 11.9. The molecule has 1 saturated heterocycles.